The minimum atomic E-state index is -0.467. The van der Waals surface area contributed by atoms with E-state index in [1.807, 2.05) is 30.3 Å². The fourth-order valence-corrected chi connectivity index (χ4v) is 3.35. The SMILES string of the molecule is NC(=O)c1cccc2c1c1[c]ccc(Cl)c1n2Cc1ccccn1. The summed E-state index contributed by atoms with van der Waals surface area (Å²) in [6.45, 7) is 0.542. The highest BCUT2D eigenvalue weighted by Crippen LogP contribution is 2.35. The lowest BCUT2D eigenvalue weighted by Crippen LogP contribution is -2.11. The normalized spacial score (nSPS) is 11.2. The molecule has 4 rings (SSSR count). The van der Waals surface area contributed by atoms with Crippen LogP contribution in [-0.2, 0) is 6.54 Å². The molecule has 0 fully saturated rings. The zero-order valence-corrected chi connectivity index (χ0v) is 13.4. The van der Waals surface area contributed by atoms with Gasteiger partial charge in [0.2, 0.25) is 5.91 Å². The summed E-state index contributed by atoms with van der Waals surface area (Å²) in [5.41, 5.74) is 8.65. The van der Waals surface area contributed by atoms with Gasteiger partial charge in [0, 0.05) is 22.5 Å². The fraction of sp³-hybridized carbons (Fsp3) is 0.0526. The number of fused-ring (bicyclic) bond motifs is 3. The van der Waals surface area contributed by atoms with E-state index >= 15 is 0 Å². The van der Waals surface area contributed by atoms with Crippen LogP contribution in [0.1, 0.15) is 16.1 Å². The molecule has 0 saturated heterocycles. The topological polar surface area (TPSA) is 60.9 Å². The second kappa shape index (κ2) is 5.65. The minimum absolute atomic E-state index is 0.467. The molecule has 2 heterocycles. The van der Waals surface area contributed by atoms with Crippen molar-refractivity contribution in [2.75, 3.05) is 0 Å². The van der Waals surface area contributed by atoms with E-state index in [9.17, 15) is 4.79 Å². The van der Waals surface area contributed by atoms with Gasteiger partial charge in [-0.2, -0.15) is 0 Å². The molecule has 2 aromatic heterocycles. The van der Waals surface area contributed by atoms with E-state index in [0.717, 1.165) is 27.5 Å². The Bertz CT molecular complexity index is 1070. The molecule has 0 bridgehead atoms. The number of benzene rings is 2. The number of nitrogens with two attached hydrogens (primary N) is 1. The van der Waals surface area contributed by atoms with Crippen LogP contribution in [0.5, 0.6) is 0 Å². The predicted octanol–water partition coefficient (Wildman–Crippen LogP) is 3.79. The molecule has 0 aliphatic carbocycles. The van der Waals surface area contributed by atoms with E-state index in [1.54, 1.807) is 24.4 Å². The van der Waals surface area contributed by atoms with Gasteiger partial charge in [0.1, 0.15) is 0 Å². The van der Waals surface area contributed by atoms with Gasteiger partial charge >= 0.3 is 0 Å². The van der Waals surface area contributed by atoms with Gasteiger partial charge in [-0.1, -0.05) is 29.8 Å². The van der Waals surface area contributed by atoms with Crippen molar-refractivity contribution in [3.8, 4) is 0 Å². The highest BCUT2D eigenvalue weighted by molar-refractivity contribution is 6.36. The summed E-state index contributed by atoms with van der Waals surface area (Å²) in [6, 6.07) is 18.0. The minimum Gasteiger partial charge on any atom is -0.366 e. The highest BCUT2D eigenvalue weighted by Gasteiger charge is 2.18. The van der Waals surface area contributed by atoms with Gasteiger partial charge in [-0.25, -0.2) is 0 Å². The molecular formula is C19H13ClN3O. The number of pyridine rings is 1. The Labute approximate surface area is 143 Å². The van der Waals surface area contributed by atoms with Gasteiger partial charge < -0.3 is 10.3 Å². The van der Waals surface area contributed by atoms with Crippen LogP contribution < -0.4 is 5.73 Å². The molecule has 0 spiro atoms. The molecule has 0 aliphatic heterocycles. The summed E-state index contributed by atoms with van der Waals surface area (Å²) in [6.07, 6.45) is 1.76. The second-order valence-electron chi connectivity index (χ2n) is 5.52. The first kappa shape index (κ1) is 14.7. The smallest absolute Gasteiger partial charge is 0.249 e. The maximum Gasteiger partial charge on any atom is 0.249 e. The standard InChI is InChI=1S/C19H13ClN3O/c20-15-8-3-6-13-17-14(19(21)24)7-4-9-16(17)23(18(13)15)11-12-5-1-2-10-22-12/h1-5,7-10H,11H2,(H2,21,24). The van der Waals surface area contributed by atoms with Crippen LogP contribution in [0.2, 0.25) is 5.02 Å². The Balaban J connectivity index is 2.10. The molecule has 0 unspecified atom stereocenters. The van der Waals surface area contributed by atoms with Crippen LogP contribution >= 0.6 is 11.6 Å². The largest absolute Gasteiger partial charge is 0.366 e. The van der Waals surface area contributed by atoms with Crippen molar-refractivity contribution < 1.29 is 4.79 Å². The van der Waals surface area contributed by atoms with Gasteiger partial charge in [-0.3, -0.25) is 9.78 Å². The molecule has 4 aromatic rings. The summed E-state index contributed by atoms with van der Waals surface area (Å²) in [5.74, 6) is -0.467. The number of aromatic nitrogens is 2. The lowest BCUT2D eigenvalue weighted by atomic mass is 10.1. The van der Waals surface area contributed by atoms with Crippen molar-refractivity contribution >= 4 is 39.3 Å². The number of nitrogens with zero attached hydrogens (tertiary/aromatic N) is 2. The summed E-state index contributed by atoms with van der Waals surface area (Å²) in [4.78, 5) is 16.3. The van der Waals surface area contributed by atoms with E-state index in [0.29, 0.717) is 17.1 Å². The number of carbonyl (C=O) groups is 1. The van der Waals surface area contributed by atoms with Gasteiger partial charge in [0.05, 0.1) is 28.3 Å². The van der Waals surface area contributed by atoms with Crippen LogP contribution in [-0.4, -0.2) is 15.5 Å². The number of hydrogen-bond acceptors (Lipinski definition) is 2. The molecule has 5 heteroatoms. The van der Waals surface area contributed by atoms with Gasteiger partial charge in [-0.15, -0.1) is 0 Å². The lowest BCUT2D eigenvalue weighted by molar-refractivity contribution is 0.100. The first-order valence-electron chi connectivity index (χ1n) is 7.47. The van der Waals surface area contributed by atoms with E-state index in [-0.39, 0.29) is 0 Å². The maximum atomic E-state index is 11.9. The molecular weight excluding hydrogens is 322 g/mol. The van der Waals surface area contributed by atoms with Crippen molar-refractivity contribution in [2.24, 2.45) is 5.73 Å². The Morgan fingerprint density at radius 1 is 1.21 bits per heavy atom. The zero-order valence-electron chi connectivity index (χ0n) is 12.7. The number of rotatable bonds is 3. The number of hydrogen-bond donors (Lipinski definition) is 1. The molecule has 0 saturated carbocycles. The van der Waals surface area contributed by atoms with E-state index in [2.05, 4.69) is 15.6 Å². The first-order valence-corrected chi connectivity index (χ1v) is 7.85. The van der Waals surface area contributed by atoms with Crippen LogP contribution in [0.4, 0.5) is 0 Å². The second-order valence-corrected chi connectivity index (χ2v) is 5.93. The summed E-state index contributed by atoms with van der Waals surface area (Å²) in [7, 11) is 0. The molecule has 1 amide bonds. The molecule has 1 radical (unpaired) electrons. The Kier molecular flexibility index (Phi) is 3.47. The van der Waals surface area contributed by atoms with E-state index in [1.165, 1.54) is 0 Å². The molecule has 2 N–H and O–H groups in total. The third-order valence-electron chi connectivity index (χ3n) is 4.09. The number of halogens is 1. The van der Waals surface area contributed by atoms with Crippen LogP contribution in [0.25, 0.3) is 21.8 Å². The number of carbonyl (C=O) groups excluding carboxylic acids is 1. The molecule has 4 nitrogen and oxygen atoms in total. The van der Waals surface area contributed by atoms with E-state index in [4.69, 9.17) is 17.3 Å². The summed E-state index contributed by atoms with van der Waals surface area (Å²) in [5, 5.41) is 2.17. The average molecular weight is 335 g/mol. The Morgan fingerprint density at radius 3 is 2.83 bits per heavy atom. The van der Waals surface area contributed by atoms with Crippen molar-refractivity contribution in [2.45, 2.75) is 6.54 Å². The van der Waals surface area contributed by atoms with Gasteiger partial charge in [-0.05, 0) is 36.4 Å². The molecule has 24 heavy (non-hydrogen) atoms. The Morgan fingerprint density at radius 2 is 2.08 bits per heavy atom. The molecule has 2 aromatic carbocycles. The predicted molar refractivity (Wildman–Crippen MR) is 95.1 cm³/mol. The summed E-state index contributed by atoms with van der Waals surface area (Å²) >= 11 is 6.45. The zero-order chi connectivity index (χ0) is 16.7. The van der Waals surface area contributed by atoms with Crippen LogP contribution in [0.15, 0.2) is 54.7 Å². The molecule has 0 aliphatic rings. The van der Waals surface area contributed by atoms with Crippen molar-refractivity contribution in [3.05, 3.63) is 77.1 Å². The average Bonchev–Trinajstić information content (AvgIpc) is 2.91. The number of primary amides is 1. The van der Waals surface area contributed by atoms with E-state index < -0.39 is 5.91 Å². The highest BCUT2D eigenvalue weighted by atomic mass is 35.5. The first-order chi connectivity index (χ1) is 11.7. The van der Waals surface area contributed by atoms with Crippen molar-refractivity contribution in [1.29, 1.82) is 0 Å². The van der Waals surface area contributed by atoms with Crippen molar-refractivity contribution in [1.82, 2.24) is 9.55 Å². The maximum absolute atomic E-state index is 11.9. The Hall–Kier alpha value is -2.85. The molecule has 117 valence electrons. The third-order valence-corrected chi connectivity index (χ3v) is 4.39. The lowest BCUT2D eigenvalue weighted by Gasteiger charge is -2.08. The summed E-state index contributed by atoms with van der Waals surface area (Å²) < 4.78 is 2.05. The fourth-order valence-electron chi connectivity index (χ4n) is 3.09. The number of amides is 1. The van der Waals surface area contributed by atoms with Gasteiger partial charge in [0.25, 0.3) is 0 Å². The van der Waals surface area contributed by atoms with Gasteiger partial charge in [0.15, 0.2) is 0 Å². The third kappa shape index (κ3) is 2.23. The van der Waals surface area contributed by atoms with Crippen LogP contribution in [0, 0.1) is 6.07 Å². The van der Waals surface area contributed by atoms with Crippen molar-refractivity contribution in [3.63, 3.8) is 0 Å². The quantitative estimate of drug-likeness (QED) is 0.619. The monoisotopic (exact) mass is 334 g/mol. The molecule has 0 atom stereocenters. The van der Waals surface area contributed by atoms with Crippen LogP contribution in [0.3, 0.4) is 0 Å².